The highest BCUT2D eigenvalue weighted by Gasteiger charge is 2.50. The van der Waals surface area contributed by atoms with Gasteiger partial charge in [0.05, 0.1) is 11.0 Å². The molecule has 0 aromatic heterocycles. The van der Waals surface area contributed by atoms with Crippen LogP contribution in [0.2, 0.25) is 0 Å². The van der Waals surface area contributed by atoms with Gasteiger partial charge in [0, 0.05) is 12.8 Å². The molecule has 1 saturated carbocycles. The molecule has 0 aliphatic heterocycles. The van der Waals surface area contributed by atoms with Crippen LogP contribution in [-0.2, 0) is 9.59 Å². The highest BCUT2D eigenvalue weighted by atomic mass is 16.3. The molecule has 0 aromatic carbocycles. The lowest BCUT2D eigenvalue weighted by atomic mass is 9.60. The Kier molecular flexibility index (Phi) is 2.12. The third kappa shape index (κ3) is 1.46. The summed E-state index contributed by atoms with van der Waals surface area (Å²) in [5.41, 5.74) is -0.962. The predicted octanol–water partition coefficient (Wildman–Crippen LogP) is 1.40. The fourth-order valence-electron chi connectivity index (χ4n) is 2.71. The summed E-state index contributed by atoms with van der Waals surface area (Å²) in [6, 6.07) is 0. The van der Waals surface area contributed by atoms with E-state index in [1.54, 1.807) is 6.92 Å². The molecule has 3 nitrogen and oxygen atoms in total. The van der Waals surface area contributed by atoms with Crippen molar-refractivity contribution in [3.8, 4) is 0 Å². The topological polar surface area (TPSA) is 54.4 Å². The van der Waals surface area contributed by atoms with Crippen LogP contribution in [0.15, 0.2) is 11.6 Å². The maximum atomic E-state index is 11.9. The molecular weight excluding hydrogens is 192 g/mol. The van der Waals surface area contributed by atoms with E-state index in [4.69, 9.17) is 0 Å². The van der Waals surface area contributed by atoms with Gasteiger partial charge >= 0.3 is 0 Å². The number of carbonyl (C=O) groups excluding carboxylic acids is 2. The quantitative estimate of drug-likeness (QED) is 0.654. The zero-order valence-electron chi connectivity index (χ0n) is 9.17. The van der Waals surface area contributed by atoms with Crippen molar-refractivity contribution in [2.45, 2.75) is 45.1 Å². The number of aliphatic hydroxyl groups is 1. The average molecular weight is 208 g/mol. The summed E-state index contributed by atoms with van der Waals surface area (Å²) >= 11 is 0. The molecule has 1 fully saturated rings. The molecule has 0 amide bonds. The van der Waals surface area contributed by atoms with Gasteiger partial charge in [0.1, 0.15) is 5.78 Å². The molecule has 82 valence electrons. The summed E-state index contributed by atoms with van der Waals surface area (Å²) in [6.45, 7) is 3.54. The SMILES string of the molecule is C[C@@]12CCC(=O)C=C1[C@@](C)(O)CCC2=O. The minimum Gasteiger partial charge on any atom is -0.386 e. The lowest BCUT2D eigenvalue weighted by Gasteiger charge is -2.45. The van der Waals surface area contributed by atoms with E-state index < -0.39 is 11.0 Å². The highest BCUT2D eigenvalue weighted by Crippen LogP contribution is 2.48. The number of ketones is 2. The molecule has 2 aliphatic rings. The molecule has 0 heterocycles. The van der Waals surface area contributed by atoms with E-state index >= 15 is 0 Å². The Morgan fingerprint density at radius 3 is 2.53 bits per heavy atom. The molecule has 1 N–H and O–H groups in total. The Bertz CT molecular complexity index is 365. The molecule has 2 atom stereocenters. The maximum Gasteiger partial charge on any atom is 0.155 e. The number of fused-ring (bicyclic) bond motifs is 1. The zero-order valence-corrected chi connectivity index (χ0v) is 9.17. The molecule has 0 bridgehead atoms. The molecular formula is C12H16O3. The Morgan fingerprint density at radius 2 is 1.87 bits per heavy atom. The number of rotatable bonds is 0. The number of allylic oxidation sites excluding steroid dienone is 1. The summed E-state index contributed by atoms with van der Waals surface area (Å²) in [5, 5.41) is 10.2. The molecule has 0 aromatic rings. The van der Waals surface area contributed by atoms with Gasteiger partial charge in [-0.1, -0.05) is 0 Å². The maximum absolute atomic E-state index is 11.9. The van der Waals surface area contributed by atoms with E-state index in [0.717, 1.165) is 0 Å². The standard InChI is InChI=1S/C12H16O3/c1-11-5-3-8(13)7-9(11)12(2,15)6-4-10(11)14/h7,15H,3-6H2,1-2H3/t11-,12+/m1/s1. The zero-order chi connectivity index (χ0) is 11.3. The second-order valence-corrected chi connectivity index (χ2v) is 5.05. The first-order valence-corrected chi connectivity index (χ1v) is 5.37. The lowest BCUT2D eigenvalue weighted by Crippen LogP contribution is -2.48. The van der Waals surface area contributed by atoms with Gasteiger partial charge in [0.25, 0.3) is 0 Å². The Morgan fingerprint density at radius 1 is 1.20 bits per heavy atom. The summed E-state index contributed by atoms with van der Waals surface area (Å²) < 4.78 is 0. The number of Topliss-reactive ketones (excluding diaryl/α,β-unsaturated/α-hetero) is 1. The van der Waals surface area contributed by atoms with Crippen LogP contribution in [0.3, 0.4) is 0 Å². The molecule has 0 unspecified atom stereocenters. The van der Waals surface area contributed by atoms with Gasteiger partial charge < -0.3 is 5.11 Å². The average Bonchev–Trinajstić information content (AvgIpc) is 2.16. The minimum absolute atomic E-state index is 0.0254. The first-order chi connectivity index (χ1) is 6.86. The summed E-state index contributed by atoms with van der Waals surface area (Å²) in [7, 11) is 0. The van der Waals surface area contributed by atoms with Crippen LogP contribution in [-0.4, -0.2) is 22.3 Å². The van der Waals surface area contributed by atoms with Gasteiger partial charge in [0.15, 0.2) is 5.78 Å². The fourth-order valence-corrected chi connectivity index (χ4v) is 2.71. The molecule has 0 spiro atoms. The lowest BCUT2D eigenvalue weighted by molar-refractivity contribution is -0.133. The summed E-state index contributed by atoms with van der Waals surface area (Å²) in [5.74, 6) is 0.185. The highest BCUT2D eigenvalue weighted by molar-refractivity contribution is 5.98. The Hall–Kier alpha value is -0.960. The van der Waals surface area contributed by atoms with Crippen molar-refractivity contribution in [3.63, 3.8) is 0 Å². The van der Waals surface area contributed by atoms with Gasteiger partial charge in [-0.2, -0.15) is 0 Å². The fraction of sp³-hybridized carbons (Fsp3) is 0.667. The summed E-state index contributed by atoms with van der Waals surface area (Å²) in [4.78, 5) is 23.2. The van der Waals surface area contributed by atoms with Crippen molar-refractivity contribution in [2.75, 3.05) is 0 Å². The number of carbonyl (C=O) groups is 2. The molecule has 3 heteroatoms. The first-order valence-electron chi connectivity index (χ1n) is 5.37. The molecule has 2 rings (SSSR count). The van der Waals surface area contributed by atoms with Crippen molar-refractivity contribution in [3.05, 3.63) is 11.6 Å². The van der Waals surface area contributed by atoms with E-state index in [2.05, 4.69) is 0 Å². The van der Waals surface area contributed by atoms with Crippen LogP contribution >= 0.6 is 0 Å². The van der Waals surface area contributed by atoms with Gasteiger partial charge in [-0.05, 0) is 38.3 Å². The van der Waals surface area contributed by atoms with Crippen molar-refractivity contribution in [1.29, 1.82) is 0 Å². The van der Waals surface area contributed by atoms with Crippen LogP contribution in [0.1, 0.15) is 39.5 Å². The molecule has 0 radical (unpaired) electrons. The van der Waals surface area contributed by atoms with E-state index in [1.807, 2.05) is 6.92 Å². The van der Waals surface area contributed by atoms with Crippen LogP contribution in [0, 0.1) is 5.41 Å². The first kappa shape index (κ1) is 10.6. The Balaban J connectivity index is 2.52. The third-order valence-corrected chi connectivity index (χ3v) is 3.81. The molecule has 2 aliphatic carbocycles. The van der Waals surface area contributed by atoms with Crippen molar-refractivity contribution in [2.24, 2.45) is 5.41 Å². The van der Waals surface area contributed by atoms with Crippen LogP contribution in [0.5, 0.6) is 0 Å². The van der Waals surface area contributed by atoms with Crippen LogP contribution in [0.4, 0.5) is 0 Å². The predicted molar refractivity (Wildman–Crippen MR) is 55.3 cm³/mol. The Labute approximate surface area is 89.2 Å². The van der Waals surface area contributed by atoms with Crippen molar-refractivity contribution in [1.82, 2.24) is 0 Å². The van der Waals surface area contributed by atoms with Gasteiger partial charge in [-0.25, -0.2) is 0 Å². The van der Waals surface area contributed by atoms with Crippen LogP contribution in [0.25, 0.3) is 0 Å². The minimum atomic E-state index is -0.987. The number of hydrogen-bond donors (Lipinski definition) is 1. The van der Waals surface area contributed by atoms with Gasteiger partial charge in [-0.3, -0.25) is 9.59 Å². The normalized spacial score (nSPS) is 41.1. The van der Waals surface area contributed by atoms with Crippen molar-refractivity contribution < 1.29 is 14.7 Å². The van der Waals surface area contributed by atoms with E-state index in [-0.39, 0.29) is 11.6 Å². The van der Waals surface area contributed by atoms with Gasteiger partial charge in [-0.15, -0.1) is 0 Å². The van der Waals surface area contributed by atoms with E-state index in [0.29, 0.717) is 31.3 Å². The third-order valence-electron chi connectivity index (χ3n) is 3.81. The largest absolute Gasteiger partial charge is 0.386 e. The monoisotopic (exact) mass is 208 g/mol. The second-order valence-electron chi connectivity index (χ2n) is 5.05. The number of hydrogen-bond acceptors (Lipinski definition) is 3. The summed E-state index contributed by atoms with van der Waals surface area (Å²) in [6.07, 6.45) is 3.30. The molecule has 0 saturated heterocycles. The van der Waals surface area contributed by atoms with Gasteiger partial charge in [0.2, 0.25) is 0 Å². The van der Waals surface area contributed by atoms with E-state index in [9.17, 15) is 14.7 Å². The van der Waals surface area contributed by atoms with Crippen molar-refractivity contribution >= 4 is 11.6 Å². The van der Waals surface area contributed by atoms with E-state index in [1.165, 1.54) is 6.08 Å². The second kappa shape index (κ2) is 3.01. The smallest absolute Gasteiger partial charge is 0.155 e. The van der Waals surface area contributed by atoms with Crippen LogP contribution < -0.4 is 0 Å². The molecule has 15 heavy (non-hydrogen) atoms.